The Morgan fingerprint density at radius 2 is 1.44 bits per heavy atom. The van der Waals surface area contributed by atoms with E-state index in [9.17, 15) is 24.3 Å². The molecule has 0 radical (unpaired) electrons. The van der Waals surface area contributed by atoms with E-state index in [1.165, 1.54) is 6.92 Å². The minimum Gasteiger partial charge on any atom is -0.480 e. The first-order valence-electron chi connectivity index (χ1n) is 10.9. The van der Waals surface area contributed by atoms with Gasteiger partial charge in [0.05, 0.1) is 6.04 Å². The summed E-state index contributed by atoms with van der Waals surface area (Å²) in [5.74, 6) is -3.35. The molecule has 0 saturated heterocycles. The van der Waals surface area contributed by atoms with Crippen LogP contribution < -0.4 is 21.7 Å². The first-order chi connectivity index (χ1) is 15.0. The normalized spacial score (nSPS) is 15.7. The third-order valence-electron chi connectivity index (χ3n) is 5.35. The van der Waals surface area contributed by atoms with Gasteiger partial charge in [0.1, 0.15) is 18.1 Å². The second-order valence-electron chi connectivity index (χ2n) is 8.48. The minimum absolute atomic E-state index is 0.211. The Hall–Kier alpha value is -2.94. The third kappa shape index (κ3) is 8.30. The van der Waals surface area contributed by atoms with Crippen molar-refractivity contribution in [2.45, 2.75) is 71.6 Å². The zero-order chi connectivity index (χ0) is 24.4. The lowest BCUT2D eigenvalue weighted by atomic mass is 9.97. The van der Waals surface area contributed by atoms with Crippen LogP contribution >= 0.6 is 0 Å². The van der Waals surface area contributed by atoms with Crippen molar-refractivity contribution in [3.05, 3.63) is 35.9 Å². The highest BCUT2D eigenvalue weighted by Crippen LogP contribution is 2.11. The van der Waals surface area contributed by atoms with E-state index in [0.29, 0.717) is 6.42 Å². The summed E-state index contributed by atoms with van der Waals surface area (Å²) in [4.78, 5) is 49.7. The Bertz CT molecular complexity index is 782. The van der Waals surface area contributed by atoms with E-state index in [1.54, 1.807) is 20.8 Å². The molecule has 0 aliphatic rings. The minimum atomic E-state index is -1.13. The predicted octanol–water partition coefficient (Wildman–Crippen LogP) is 0.817. The van der Waals surface area contributed by atoms with Crippen LogP contribution in [0.1, 0.15) is 46.6 Å². The van der Waals surface area contributed by atoms with Gasteiger partial charge in [-0.25, -0.2) is 4.79 Å². The summed E-state index contributed by atoms with van der Waals surface area (Å²) < 4.78 is 0. The van der Waals surface area contributed by atoms with Crippen LogP contribution in [0, 0.1) is 11.8 Å². The van der Waals surface area contributed by atoms with Crippen molar-refractivity contribution in [3.63, 3.8) is 0 Å². The Balaban J connectivity index is 3.04. The average Bonchev–Trinajstić information content (AvgIpc) is 2.74. The fourth-order valence-corrected chi connectivity index (χ4v) is 3.08. The second kappa shape index (κ2) is 12.8. The number of rotatable bonds is 12. The molecule has 0 aliphatic carbocycles. The van der Waals surface area contributed by atoms with E-state index >= 15 is 0 Å². The topological polar surface area (TPSA) is 151 Å². The van der Waals surface area contributed by atoms with Gasteiger partial charge in [-0.1, -0.05) is 64.4 Å². The molecule has 0 heterocycles. The lowest BCUT2D eigenvalue weighted by molar-refractivity contribution is -0.144. The van der Waals surface area contributed by atoms with Crippen molar-refractivity contribution in [2.24, 2.45) is 17.6 Å². The molecule has 0 aliphatic heterocycles. The van der Waals surface area contributed by atoms with Gasteiger partial charge in [0.2, 0.25) is 17.7 Å². The molecule has 3 amide bonds. The molecular formula is C23H36N4O5. The smallest absolute Gasteiger partial charge is 0.326 e. The number of carboxylic acid groups (broad SMARTS) is 1. The Kier molecular flexibility index (Phi) is 10.8. The number of benzene rings is 1. The number of nitrogens with one attached hydrogen (secondary N) is 3. The molecular weight excluding hydrogens is 412 g/mol. The van der Waals surface area contributed by atoms with Crippen LogP contribution in [0.25, 0.3) is 0 Å². The molecule has 32 heavy (non-hydrogen) atoms. The first kappa shape index (κ1) is 27.1. The number of carbonyl (C=O) groups is 4. The van der Waals surface area contributed by atoms with E-state index in [0.717, 1.165) is 5.56 Å². The standard InChI is InChI=1S/C23H36N4O5/c1-6-14(4)19(23(31)32)27-22(30)18(13(2)3)26-21(29)17(25-20(28)15(5)24)12-16-10-8-7-9-11-16/h7-11,13-15,17-19H,6,12,24H2,1-5H3,(H,25,28)(H,26,29)(H,27,30)(H,31,32). The Morgan fingerprint density at radius 1 is 0.875 bits per heavy atom. The summed E-state index contributed by atoms with van der Waals surface area (Å²) in [6.45, 7) is 8.58. The van der Waals surface area contributed by atoms with E-state index in [2.05, 4.69) is 16.0 Å². The number of hydrogen-bond acceptors (Lipinski definition) is 5. The molecule has 5 unspecified atom stereocenters. The van der Waals surface area contributed by atoms with Crippen LogP contribution in [0.3, 0.4) is 0 Å². The van der Waals surface area contributed by atoms with Gasteiger partial charge in [-0.05, 0) is 24.3 Å². The Labute approximate surface area is 189 Å². The molecule has 0 aromatic heterocycles. The van der Waals surface area contributed by atoms with Crippen molar-refractivity contribution in [3.8, 4) is 0 Å². The van der Waals surface area contributed by atoms with Gasteiger partial charge in [0.25, 0.3) is 0 Å². The van der Waals surface area contributed by atoms with Crippen LogP contribution in [-0.2, 0) is 25.6 Å². The highest BCUT2D eigenvalue weighted by molar-refractivity contribution is 5.94. The predicted molar refractivity (Wildman–Crippen MR) is 122 cm³/mol. The third-order valence-corrected chi connectivity index (χ3v) is 5.35. The van der Waals surface area contributed by atoms with Crippen LogP contribution in [0.15, 0.2) is 30.3 Å². The van der Waals surface area contributed by atoms with Crippen LogP contribution in [0.5, 0.6) is 0 Å². The summed E-state index contributed by atoms with van der Waals surface area (Å²) in [5, 5.41) is 17.3. The van der Waals surface area contributed by atoms with Crippen molar-refractivity contribution in [1.29, 1.82) is 0 Å². The first-order valence-corrected chi connectivity index (χ1v) is 10.9. The van der Waals surface area contributed by atoms with E-state index in [-0.39, 0.29) is 18.3 Å². The molecule has 0 bridgehead atoms. The van der Waals surface area contributed by atoms with E-state index < -0.39 is 47.9 Å². The van der Waals surface area contributed by atoms with Crippen molar-refractivity contribution in [1.82, 2.24) is 16.0 Å². The monoisotopic (exact) mass is 448 g/mol. The van der Waals surface area contributed by atoms with Gasteiger partial charge < -0.3 is 26.8 Å². The summed E-state index contributed by atoms with van der Waals surface area (Å²) in [6.07, 6.45) is 0.778. The quantitative estimate of drug-likeness (QED) is 0.319. The van der Waals surface area contributed by atoms with Gasteiger partial charge in [0, 0.05) is 6.42 Å². The van der Waals surface area contributed by atoms with Crippen LogP contribution in [0.4, 0.5) is 0 Å². The fourth-order valence-electron chi connectivity index (χ4n) is 3.08. The molecule has 0 saturated carbocycles. The highest BCUT2D eigenvalue weighted by atomic mass is 16.4. The maximum absolute atomic E-state index is 13.1. The highest BCUT2D eigenvalue weighted by Gasteiger charge is 2.33. The summed E-state index contributed by atoms with van der Waals surface area (Å²) in [6, 6.07) is 5.35. The Morgan fingerprint density at radius 3 is 1.91 bits per heavy atom. The molecule has 1 aromatic carbocycles. The van der Waals surface area contributed by atoms with Gasteiger partial charge in [0.15, 0.2) is 0 Å². The molecule has 6 N–H and O–H groups in total. The number of aliphatic carboxylic acids is 1. The molecule has 1 aromatic rings. The second-order valence-corrected chi connectivity index (χ2v) is 8.48. The van der Waals surface area contributed by atoms with Crippen molar-refractivity contribution in [2.75, 3.05) is 0 Å². The van der Waals surface area contributed by atoms with Crippen molar-refractivity contribution >= 4 is 23.7 Å². The molecule has 0 fully saturated rings. The molecule has 1 rings (SSSR count). The fraction of sp³-hybridized carbons (Fsp3) is 0.565. The summed E-state index contributed by atoms with van der Waals surface area (Å²) >= 11 is 0. The lowest BCUT2D eigenvalue weighted by Gasteiger charge is -2.28. The van der Waals surface area contributed by atoms with Gasteiger partial charge >= 0.3 is 5.97 Å². The molecule has 5 atom stereocenters. The number of nitrogens with two attached hydrogens (primary N) is 1. The van der Waals surface area contributed by atoms with E-state index in [1.807, 2.05) is 37.3 Å². The van der Waals surface area contributed by atoms with E-state index in [4.69, 9.17) is 5.73 Å². The zero-order valence-corrected chi connectivity index (χ0v) is 19.4. The maximum Gasteiger partial charge on any atom is 0.326 e. The number of hydrogen-bond donors (Lipinski definition) is 5. The SMILES string of the molecule is CCC(C)C(NC(=O)C(NC(=O)C(Cc1ccccc1)NC(=O)C(C)N)C(C)C)C(=O)O. The summed E-state index contributed by atoms with van der Waals surface area (Å²) in [7, 11) is 0. The number of carboxylic acids is 1. The molecule has 178 valence electrons. The lowest BCUT2D eigenvalue weighted by Crippen LogP contribution is -2.59. The molecule has 9 nitrogen and oxygen atoms in total. The summed E-state index contributed by atoms with van der Waals surface area (Å²) in [5.41, 5.74) is 6.46. The average molecular weight is 449 g/mol. The largest absolute Gasteiger partial charge is 0.480 e. The number of carbonyl (C=O) groups excluding carboxylic acids is 3. The maximum atomic E-state index is 13.1. The number of amides is 3. The van der Waals surface area contributed by atoms with Crippen LogP contribution in [-0.4, -0.2) is 53.0 Å². The van der Waals surface area contributed by atoms with Crippen molar-refractivity contribution < 1.29 is 24.3 Å². The van der Waals surface area contributed by atoms with Gasteiger partial charge in [-0.2, -0.15) is 0 Å². The van der Waals surface area contributed by atoms with Gasteiger partial charge in [-0.15, -0.1) is 0 Å². The van der Waals surface area contributed by atoms with Crippen LogP contribution in [0.2, 0.25) is 0 Å². The van der Waals surface area contributed by atoms with Gasteiger partial charge in [-0.3, -0.25) is 14.4 Å². The molecule has 0 spiro atoms. The zero-order valence-electron chi connectivity index (χ0n) is 19.4. The molecule has 9 heteroatoms.